The summed E-state index contributed by atoms with van der Waals surface area (Å²) in [5.41, 5.74) is 0.879. The number of hydrogen-bond acceptors (Lipinski definition) is 4. The van der Waals surface area contributed by atoms with Gasteiger partial charge in [0.05, 0.1) is 11.9 Å². The van der Waals surface area contributed by atoms with E-state index in [0.29, 0.717) is 24.8 Å². The summed E-state index contributed by atoms with van der Waals surface area (Å²) in [4.78, 5) is 16.2. The van der Waals surface area contributed by atoms with E-state index >= 15 is 0 Å². The Morgan fingerprint density at radius 1 is 1.57 bits per heavy atom. The second kappa shape index (κ2) is 10.4. The third kappa shape index (κ3) is 7.17. The molecule has 23 heavy (non-hydrogen) atoms. The van der Waals surface area contributed by atoms with Crippen LogP contribution in [0, 0.1) is 10.1 Å². The minimum Gasteiger partial charge on any atom is -0.357 e. The van der Waals surface area contributed by atoms with E-state index < -0.39 is 5.03 Å². The molecule has 0 aromatic carbocycles. The summed E-state index contributed by atoms with van der Waals surface area (Å²) in [6.07, 6.45) is 1.32. The van der Waals surface area contributed by atoms with Crippen LogP contribution in [0.25, 0.3) is 0 Å². The van der Waals surface area contributed by atoms with Crippen molar-refractivity contribution >= 4 is 40.8 Å². The highest BCUT2D eigenvalue weighted by Crippen LogP contribution is 2.12. The van der Waals surface area contributed by atoms with Crippen molar-refractivity contribution in [1.82, 2.24) is 15.2 Å². The Hall–Kier alpha value is -1.35. The van der Waals surface area contributed by atoms with Crippen molar-refractivity contribution in [3.8, 4) is 0 Å². The average Bonchev–Trinajstić information content (AvgIpc) is 2.83. The lowest BCUT2D eigenvalue weighted by atomic mass is 10.3. The number of rotatable bonds is 5. The molecule has 0 spiro atoms. The molecule has 0 bridgehead atoms. The van der Waals surface area contributed by atoms with E-state index in [0.717, 1.165) is 5.56 Å². The Morgan fingerprint density at radius 2 is 2.26 bits per heavy atom. The lowest BCUT2D eigenvalue weighted by Gasteiger charge is -2.15. The van der Waals surface area contributed by atoms with Gasteiger partial charge in [0.15, 0.2) is 5.03 Å². The number of alkyl halides is 2. The van der Waals surface area contributed by atoms with Gasteiger partial charge in [0.25, 0.3) is 5.96 Å². The van der Waals surface area contributed by atoms with Crippen molar-refractivity contribution in [3.63, 3.8) is 0 Å². The van der Waals surface area contributed by atoms with E-state index in [9.17, 15) is 10.1 Å². The van der Waals surface area contributed by atoms with Crippen LogP contribution >= 0.6 is 34.8 Å². The lowest BCUT2D eigenvalue weighted by Crippen LogP contribution is -2.32. The fraction of sp³-hybridized carbons (Fsp3) is 0.500. The largest absolute Gasteiger partial charge is 0.357 e. The highest BCUT2D eigenvalue weighted by molar-refractivity contribution is 6.40. The van der Waals surface area contributed by atoms with Gasteiger partial charge in [-0.2, -0.15) is 0 Å². The van der Waals surface area contributed by atoms with Gasteiger partial charge in [0.1, 0.15) is 16.5 Å². The molecule has 0 saturated carbocycles. The average molecular weight is 385 g/mol. The number of halogens is 3. The zero-order chi connectivity index (χ0) is 17.2. The van der Waals surface area contributed by atoms with Crippen LogP contribution in [0.15, 0.2) is 23.4 Å². The van der Waals surface area contributed by atoms with Crippen molar-refractivity contribution in [2.24, 2.45) is 5.10 Å². The van der Waals surface area contributed by atoms with Crippen molar-refractivity contribution in [3.05, 3.63) is 39.2 Å². The lowest BCUT2D eigenvalue weighted by molar-refractivity contribution is -0.485. The zero-order valence-corrected chi connectivity index (χ0v) is 14.6. The fourth-order valence-corrected chi connectivity index (χ4v) is 2.00. The highest BCUT2D eigenvalue weighted by Gasteiger charge is 2.30. The third-order valence-electron chi connectivity index (χ3n) is 2.68. The van der Waals surface area contributed by atoms with Crippen LogP contribution in [0.1, 0.15) is 12.5 Å². The summed E-state index contributed by atoms with van der Waals surface area (Å²) >= 11 is 15.2. The Kier molecular flexibility index (Phi) is 8.93. The first-order chi connectivity index (χ1) is 11.0. The van der Waals surface area contributed by atoms with Gasteiger partial charge in [0, 0.05) is 19.3 Å². The number of guanidine groups is 1. The number of aromatic nitrogens is 1. The molecule has 2 heterocycles. The van der Waals surface area contributed by atoms with Crippen molar-refractivity contribution in [2.75, 3.05) is 18.5 Å². The molecule has 1 unspecified atom stereocenters. The summed E-state index contributed by atoms with van der Waals surface area (Å²) in [7, 11) is 0. The van der Waals surface area contributed by atoms with E-state index in [2.05, 4.69) is 15.4 Å². The molecular weight excluding hydrogens is 369 g/mol. The van der Waals surface area contributed by atoms with Gasteiger partial charge in [-0.05, 0) is 18.6 Å². The Morgan fingerprint density at radius 3 is 2.78 bits per heavy atom. The van der Waals surface area contributed by atoms with Crippen LogP contribution in [-0.4, -0.2) is 45.6 Å². The number of hydrogen-bond donors (Lipinski definition) is 1. The molecule has 1 atom stereocenters. The van der Waals surface area contributed by atoms with Gasteiger partial charge in [0.2, 0.25) is 0 Å². The van der Waals surface area contributed by atoms with Crippen LogP contribution in [0.4, 0.5) is 0 Å². The number of pyridine rings is 1. The number of nitrogens with one attached hydrogen (secondary N) is 1. The maximum Gasteiger partial charge on any atom is 0.273 e. The zero-order valence-electron chi connectivity index (χ0n) is 12.3. The molecule has 2 rings (SSSR count). The highest BCUT2D eigenvalue weighted by atomic mass is 35.5. The normalized spacial score (nSPS) is 18.3. The molecule has 0 aliphatic carbocycles. The molecule has 1 fully saturated rings. The molecule has 0 amide bonds. The van der Waals surface area contributed by atoms with Crippen LogP contribution in [0.2, 0.25) is 5.15 Å². The van der Waals surface area contributed by atoms with Crippen molar-refractivity contribution in [1.29, 1.82) is 0 Å². The van der Waals surface area contributed by atoms with Gasteiger partial charge < -0.3 is 15.0 Å². The molecule has 1 saturated heterocycles. The van der Waals surface area contributed by atoms with Gasteiger partial charge in [-0.25, -0.2) is 15.1 Å². The summed E-state index contributed by atoms with van der Waals surface area (Å²) < 4.78 is 5.41. The smallest absolute Gasteiger partial charge is 0.273 e. The molecule has 1 aliphatic rings. The summed E-state index contributed by atoms with van der Waals surface area (Å²) in [6, 6.07) is 3.48. The van der Waals surface area contributed by atoms with E-state index in [1.54, 1.807) is 17.2 Å². The number of ether oxygens (including phenoxy) is 1. The van der Waals surface area contributed by atoms with E-state index in [1.165, 1.54) is 0 Å². The summed E-state index contributed by atoms with van der Waals surface area (Å²) in [6.45, 7) is 3.29. The monoisotopic (exact) mass is 383 g/mol. The van der Waals surface area contributed by atoms with Crippen LogP contribution in [0.5, 0.6) is 0 Å². The van der Waals surface area contributed by atoms with Crippen molar-refractivity contribution < 1.29 is 9.77 Å². The van der Waals surface area contributed by atoms with E-state index in [4.69, 9.17) is 39.5 Å². The Labute approximate surface area is 148 Å². The number of nitro groups is 1. The molecule has 1 aromatic heterocycles. The molecule has 8 nitrogen and oxygen atoms in total. The van der Waals surface area contributed by atoms with E-state index in [-0.39, 0.29) is 17.5 Å². The first-order valence-corrected chi connectivity index (χ1v) is 8.03. The minimum atomic E-state index is -0.732. The summed E-state index contributed by atoms with van der Waals surface area (Å²) in [5.74, 6) is 0.184. The van der Waals surface area contributed by atoms with Crippen molar-refractivity contribution in [2.45, 2.75) is 19.7 Å². The SMILES string of the molecule is CCOC1CN(Cc2ccc(Cl)nc2)/C(=N/[N+](=O)[O-])N1.ClCCl. The van der Waals surface area contributed by atoms with Crippen LogP contribution in [-0.2, 0) is 11.3 Å². The first-order valence-electron chi connectivity index (χ1n) is 6.58. The Bertz CT molecular complexity index is 529. The topological polar surface area (TPSA) is 92.9 Å². The molecule has 11 heteroatoms. The van der Waals surface area contributed by atoms with Gasteiger partial charge in [-0.1, -0.05) is 17.7 Å². The molecule has 1 aliphatic heterocycles. The number of hydrazone groups is 1. The predicted octanol–water partition coefficient (Wildman–Crippen LogP) is 2.47. The second-order valence-electron chi connectivity index (χ2n) is 4.22. The molecule has 1 aromatic rings. The maximum absolute atomic E-state index is 10.5. The second-order valence-corrected chi connectivity index (χ2v) is 5.42. The number of nitrogens with zero attached hydrogens (tertiary/aromatic N) is 4. The molecular formula is C12H16Cl3N5O3. The Balaban J connectivity index is 0.000000816. The predicted molar refractivity (Wildman–Crippen MR) is 89.2 cm³/mol. The van der Waals surface area contributed by atoms with Crippen LogP contribution in [0.3, 0.4) is 0 Å². The van der Waals surface area contributed by atoms with Gasteiger partial charge in [-0.3, -0.25) is 0 Å². The van der Waals surface area contributed by atoms with Gasteiger partial charge in [-0.15, -0.1) is 23.2 Å². The maximum atomic E-state index is 10.5. The molecule has 1 N–H and O–H groups in total. The van der Waals surface area contributed by atoms with E-state index in [1.807, 2.05) is 13.0 Å². The standard InChI is InChI=1S/C11H14ClN5O3.CH2Cl2/c1-2-20-10-7-16(11(14-10)15-17(18)19)6-8-3-4-9(12)13-5-8;2-1-3/h3-5,10H,2,6-7H2,1H3,(H,14,15);1H2. The van der Waals surface area contributed by atoms with Gasteiger partial charge >= 0.3 is 0 Å². The quantitative estimate of drug-likeness (QED) is 0.363. The fourth-order valence-electron chi connectivity index (χ4n) is 1.89. The third-order valence-corrected chi connectivity index (χ3v) is 2.91. The molecule has 128 valence electrons. The summed E-state index contributed by atoms with van der Waals surface area (Å²) in [5, 5.41) is 16.6. The minimum absolute atomic E-state index is 0.184. The molecule has 0 radical (unpaired) electrons. The first kappa shape index (κ1) is 19.7. The van der Waals surface area contributed by atoms with Crippen LogP contribution < -0.4 is 5.32 Å².